The summed E-state index contributed by atoms with van der Waals surface area (Å²) >= 11 is 3.79. The Labute approximate surface area is 133 Å². The zero-order valence-corrected chi connectivity index (χ0v) is 13.8. The van der Waals surface area contributed by atoms with E-state index in [-0.39, 0.29) is 6.61 Å². The van der Waals surface area contributed by atoms with Crippen LogP contribution in [0.1, 0.15) is 30.5 Å². The fourth-order valence-electron chi connectivity index (χ4n) is 2.68. The van der Waals surface area contributed by atoms with Gasteiger partial charge in [-0.05, 0) is 41.6 Å². The van der Waals surface area contributed by atoms with Crippen LogP contribution in [0.4, 0.5) is 5.69 Å². The lowest BCUT2D eigenvalue weighted by atomic mass is 10.0. The Kier molecular flexibility index (Phi) is 4.42. The molecule has 3 nitrogen and oxygen atoms in total. The molecule has 0 amide bonds. The third-order valence-electron chi connectivity index (χ3n) is 3.70. The summed E-state index contributed by atoms with van der Waals surface area (Å²) in [6, 6.07) is 8.44. The van der Waals surface area contributed by atoms with Crippen LogP contribution < -0.4 is 10.1 Å². The number of thiophene rings is 1. The van der Waals surface area contributed by atoms with Crippen LogP contribution in [0.25, 0.3) is 0 Å². The van der Waals surface area contributed by atoms with E-state index in [0.717, 1.165) is 23.4 Å². The van der Waals surface area contributed by atoms with Crippen molar-refractivity contribution in [3.05, 3.63) is 40.8 Å². The largest absolute Gasteiger partial charge is 0.496 e. The fraction of sp³-hybridized carbons (Fsp3) is 0.375. The number of aliphatic hydroxyl groups is 1. The molecule has 0 fully saturated rings. The molecule has 2 aromatic rings. The molecule has 0 radical (unpaired) electrons. The smallest absolute Gasteiger partial charge is 0.124 e. The zero-order valence-electron chi connectivity index (χ0n) is 12.1. The van der Waals surface area contributed by atoms with Crippen molar-refractivity contribution >= 4 is 28.8 Å². The van der Waals surface area contributed by atoms with Crippen LogP contribution in [0.5, 0.6) is 5.75 Å². The summed E-state index contributed by atoms with van der Waals surface area (Å²) in [4.78, 5) is 0. The van der Waals surface area contributed by atoms with Crippen LogP contribution in [0.3, 0.4) is 0 Å². The average Bonchev–Trinajstić information content (AvgIpc) is 2.95. The third kappa shape index (κ3) is 3.05. The molecule has 0 saturated heterocycles. The van der Waals surface area contributed by atoms with Crippen molar-refractivity contribution in [3.8, 4) is 5.75 Å². The molecule has 5 heteroatoms. The molecule has 1 aromatic carbocycles. The molecule has 21 heavy (non-hydrogen) atoms. The lowest BCUT2D eigenvalue weighted by Gasteiger charge is -2.28. The maximum atomic E-state index is 9.44. The van der Waals surface area contributed by atoms with Gasteiger partial charge in [-0.1, -0.05) is 6.92 Å². The molecule has 2 heterocycles. The summed E-state index contributed by atoms with van der Waals surface area (Å²) in [7, 11) is 1.62. The highest BCUT2D eigenvalue weighted by atomic mass is 32.2. The Morgan fingerprint density at radius 3 is 3.00 bits per heavy atom. The van der Waals surface area contributed by atoms with Crippen molar-refractivity contribution in [3.63, 3.8) is 0 Å². The molecular weight excluding hydrogens is 302 g/mol. The van der Waals surface area contributed by atoms with Crippen molar-refractivity contribution in [2.75, 3.05) is 12.4 Å². The summed E-state index contributed by atoms with van der Waals surface area (Å²) in [6.45, 7) is 2.26. The Balaban J connectivity index is 1.84. The van der Waals surface area contributed by atoms with Gasteiger partial charge in [0.05, 0.1) is 24.0 Å². The Morgan fingerprint density at radius 2 is 2.24 bits per heavy atom. The molecule has 1 aromatic heterocycles. The second-order valence-corrected chi connectivity index (χ2v) is 7.83. The van der Waals surface area contributed by atoms with Crippen molar-refractivity contribution in [2.45, 2.75) is 35.5 Å². The first-order valence-electron chi connectivity index (χ1n) is 6.99. The molecule has 2 atom stereocenters. The second kappa shape index (κ2) is 6.30. The monoisotopic (exact) mass is 321 g/mol. The summed E-state index contributed by atoms with van der Waals surface area (Å²) in [5, 5.41) is 15.8. The number of ether oxygens (including phenoxy) is 1. The molecule has 0 aliphatic carbocycles. The number of aliphatic hydroxyl groups excluding tert-OH is 1. The number of anilines is 1. The van der Waals surface area contributed by atoms with E-state index in [1.54, 1.807) is 7.11 Å². The molecule has 0 spiro atoms. The number of hydrogen-bond donors (Lipinski definition) is 2. The van der Waals surface area contributed by atoms with Gasteiger partial charge < -0.3 is 15.2 Å². The molecule has 1 aliphatic heterocycles. The molecule has 1 unspecified atom stereocenters. The summed E-state index contributed by atoms with van der Waals surface area (Å²) in [5.74, 6) is 0.729. The molecule has 3 rings (SSSR count). The van der Waals surface area contributed by atoms with Gasteiger partial charge >= 0.3 is 0 Å². The minimum absolute atomic E-state index is 0.0146. The first-order valence-corrected chi connectivity index (χ1v) is 8.75. The van der Waals surface area contributed by atoms with Gasteiger partial charge in [0.25, 0.3) is 0 Å². The zero-order chi connectivity index (χ0) is 14.8. The molecule has 0 saturated carbocycles. The molecule has 0 bridgehead atoms. The molecule has 112 valence electrons. The minimum atomic E-state index is -0.0146. The van der Waals surface area contributed by atoms with E-state index < -0.39 is 0 Å². The number of thioether (sulfide) groups is 1. The van der Waals surface area contributed by atoms with Gasteiger partial charge in [-0.15, -0.1) is 23.1 Å². The predicted molar refractivity (Wildman–Crippen MR) is 89.5 cm³/mol. The van der Waals surface area contributed by atoms with E-state index in [1.165, 1.54) is 9.77 Å². The summed E-state index contributed by atoms with van der Waals surface area (Å²) in [6.07, 6.45) is 1.11. The number of rotatable bonds is 4. The van der Waals surface area contributed by atoms with Crippen molar-refractivity contribution in [1.82, 2.24) is 0 Å². The Hall–Kier alpha value is -1.17. The summed E-state index contributed by atoms with van der Waals surface area (Å²) < 4.78 is 6.67. The van der Waals surface area contributed by atoms with Crippen LogP contribution in [-0.2, 0) is 6.61 Å². The van der Waals surface area contributed by atoms with Crippen LogP contribution in [-0.4, -0.2) is 17.5 Å². The van der Waals surface area contributed by atoms with Gasteiger partial charge in [0.1, 0.15) is 5.75 Å². The van der Waals surface area contributed by atoms with E-state index in [1.807, 2.05) is 41.3 Å². The number of hydrogen-bond acceptors (Lipinski definition) is 5. The van der Waals surface area contributed by atoms with Crippen LogP contribution >= 0.6 is 23.1 Å². The second-order valence-electron chi connectivity index (χ2n) is 5.21. The van der Waals surface area contributed by atoms with E-state index in [9.17, 15) is 5.11 Å². The van der Waals surface area contributed by atoms with Gasteiger partial charge in [0.15, 0.2) is 0 Å². The van der Waals surface area contributed by atoms with Crippen LogP contribution in [0, 0.1) is 0 Å². The highest BCUT2D eigenvalue weighted by molar-refractivity contribution is 8.01. The average molecular weight is 321 g/mol. The number of fused-ring (bicyclic) bond motifs is 1. The van der Waals surface area contributed by atoms with E-state index in [2.05, 4.69) is 23.7 Å². The normalized spacial score (nSPS) is 20.9. The Bertz CT molecular complexity index is 626. The molecule has 1 aliphatic rings. The van der Waals surface area contributed by atoms with Gasteiger partial charge in [0, 0.05) is 16.5 Å². The maximum absolute atomic E-state index is 9.44. The first-order chi connectivity index (χ1) is 10.2. The first kappa shape index (κ1) is 14.8. The predicted octanol–water partition coefficient (Wildman–Crippen LogP) is 4.29. The van der Waals surface area contributed by atoms with Crippen LogP contribution in [0.15, 0.2) is 33.9 Å². The molecule has 2 N–H and O–H groups in total. The van der Waals surface area contributed by atoms with E-state index in [0.29, 0.717) is 11.3 Å². The van der Waals surface area contributed by atoms with E-state index in [4.69, 9.17) is 4.74 Å². The highest BCUT2D eigenvalue weighted by Gasteiger charge is 2.26. The van der Waals surface area contributed by atoms with Crippen molar-refractivity contribution in [1.29, 1.82) is 0 Å². The third-order valence-corrected chi connectivity index (χ3v) is 6.05. The molecular formula is C16H19NO2S2. The van der Waals surface area contributed by atoms with Gasteiger partial charge in [0.2, 0.25) is 0 Å². The van der Waals surface area contributed by atoms with Crippen LogP contribution in [0.2, 0.25) is 0 Å². The minimum Gasteiger partial charge on any atom is -0.496 e. The summed E-state index contributed by atoms with van der Waals surface area (Å²) in [5.41, 5.74) is 3.23. The number of methoxy groups -OCH3 is 1. The van der Waals surface area contributed by atoms with Crippen molar-refractivity contribution in [2.24, 2.45) is 0 Å². The van der Waals surface area contributed by atoms with E-state index >= 15 is 0 Å². The highest BCUT2D eigenvalue weighted by Crippen LogP contribution is 2.45. The van der Waals surface area contributed by atoms with Crippen molar-refractivity contribution < 1.29 is 9.84 Å². The topological polar surface area (TPSA) is 41.5 Å². The lowest BCUT2D eigenvalue weighted by Crippen LogP contribution is -2.19. The Morgan fingerprint density at radius 1 is 1.38 bits per heavy atom. The van der Waals surface area contributed by atoms with Gasteiger partial charge in [-0.2, -0.15) is 0 Å². The quantitative estimate of drug-likeness (QED) is 0.881. The maximum Gasteiger partial charge on any atom is 0.124 e. The van der Waals surface area contributed by atoms with Gasteiger partial charge in [-0.3, -0.25) is 0 Å². The lowest BCUT2D eigenvalue weighted by molar-refractivity contribution is 0.274. The fourth-order valence-corrected chi connectivity index (χ4v) is 5.25. The number of benzene rings is 1. The number of nitrogens with one attached hydrogen (secondary N) is 1. The SMILES string of the molecule is COc1ccc(NC2C[C@H](C)Sc3sccc32)cc1CO. The van der Waals surface area contributed by atoms with Gasteiger partial charge in [-0.25, -0.2) is 0 Å². The standard InChI is InChI=1S/C16H19NO2S2/c1-10-7-14(13-5-6-20-16(13)21-10)17-12-3-4-15(19-2)11(8-12)9-18/h3-6,8,10,14,17-18H,7,9H2,1-2H3/t10-,14?/m0/s1.